The molecule has 0 radical (unpaired) electrons. The summed E-state index contributed by atoms with van der Waals surface area (Å²) in [4.78, 5) is 16.9. The molecule has 1 rings (SSSR count). The number of carbonyl (C=O) groups is 1. The van der Waals surface area contributed by atoms with Gasteiger partial charge < -0.3 is 11.1 Å². The molecular formula is C13H21N3OS2. The summed E-state index contributed by atoms with van der Waals surface area (Å²) in [6.07, 6.45) is 1.99. The van der Waals surface area contributed by atoms with Gasteiger partial charge in [0.1, 0.15) is 0 Å². The predicted octanol–water partition coefficient (Wildman–Crippen LogP) is 2.20. The summed E-state index contributed by atoms with van der Waals surface area (Å²) in [5.74, 6) is -0.0710. The molecule has 4 nitrogen and oxygen atoms in total. The predicted molar refractivity (Wildman–Crippen MR) is 83.4 cm³/mol. The van der Waals surface area contributed by atoms with Crippen LogP contribution in [0.25, 0.3) is 0 Å². The summed E-state index contributed by atoms with van der Waals surface area (Å²) < 4.78 is 0. The van der Waals surface area contributed by atoms with Crippen LogP contribution in [0.5, 0.6) is 0 Å². The Morgan fingerprint density at radius 3 is 2.58 bits per heavy atom. The molecule has 106 valence electrons. The maximum Gasteiger partial charge on any atom is 0.233 e. The minimum Gasteiger partial charge on any atom is -0.392 e. The zero-order valence-electron chi connectivity index (χ0n) is 11.7. The fraction of sp³-hybridized carbons (Fsp3) is 0.615. The summed E-state index contributed by atoms with van der Waals surface area (Å²) >= 11 is 6.67. The van der Waals surface area contributed by atoms with Crippen LogP contribution >= 0.6 is 23.6 Å². The van der Waals surface area contributed by atoms with Crippen LogP contribution in [0.1, 0.15) is 37.4 Å². The first-order valence-electron chi connectivity index (χ1n) is 6.45. The van der Waals surface area contributed by atoms with Gasteiger partial charge in [-0.3, -0.25) is 4.79 Å². The average Bonchev–Trinajstić information content (AvgIpc) is 2.77. The Labute approximate surface area is 123 Å². The highest BCUT2D eigenvalue weighted by atomic mass is 32.1. The minimum absolute atomic E-state index is 0.0710. The van der Waals surface area contributed by atoms with E-state index in [1.807, 2.05) is 26.2 Å². The van der Waals surface area contributed by atoms with Gasteiger partial charge in [0, 0.05) is 24.0 Å². The molecule has 0 aliphatic rings. The fourth-order valence-corrected chi connectivity index (χ4v) is 3.16. The van der Waals surface area contributed by atoms with Gasteiger partial charge in [-0.1, -0.05) is 26.1 Å². The number of nitrogens with one attached hydrogen (secondary N) is 1. The molecule has 0 atom stereocenters. The highest BCUT2D eigenvalue weighted by Gasteiger charge is 2.37. The summed E-state index contributed by atoms with van der Waals surface area (Å²) in [6, 6.07) is 0. The van der Waals surface area contributed by atoms with Crippen LogP contribution in [0.2, 0.25) is 0 Å². The maximum absolute atomic E-state index is 12.3. The second-order valence-corrected chi connectivity index (χ2v) is 5.92. The molecule has 0 aliphatic heterocycles. The van der Waals surface area contributed by atoms with Crippen LogP contribution in [0, 0.1) is 12.3 Å². The van der Waals surface area contributed by atoms with Gasteiger partial charge in [0.15, 0.2) is 0 Å². The lowest BCUT2D eigenvalue weighted by molar-refractivity contribution is -0.127. The average molecular weight is 299 g/mol. The van der Waals surface area contributed by atoms with Crippen LogP contribution in [-0.2, 0) is 11.2 Å². The van der Waals surface area contributed by atoms with Gasteiger partial charge >= 0.3 is 0 Å². The van der Waals surface area contributed by atoms with Crippen molar-refractivity contribution in [3.8, 4) is 0 Å². The molecule has 1 aromatic heterocycles. The van der Waals surface area contributed by atoms with Crippen LogP contribution < -0.4 is 11.1 Å². The third-order valence-corrected chi connectivity index (χ3v) is 4.82. The van der Waals surface area contributed by atoms with E-state index in [4.69, 9.17) is 18.0 Å². The SMILES string of the molecule is CCC(CC)(C(=O)NCCc1nc(C)cs1)C(N)=S. The lowest BCUT2D eigenvalue weighted by atomic mass is 9.81. The van der Waals surface area contributed by atoms with E-state index >= 15 is 0 Å². The molecule has 3 N–H and O–H groups in total. The molecule has 6 heteroatoms. The van der Waals surface area contributed by atoms with E-state index in [0.29, 0.717) is 19.4 Å². The quantitative estimate of drug-likeness (QED) is 0.757. The molecule has 0 saturated heterocycles. The third kappa shape index (κ3) is 3.73. The van der Waals surface area contributed by atoms with E-state index in [-0.39, 0.29) is 10.9 Å². The van der Waals surface area contributed by atoms with Gasteiger partial charge in [0.25, 0.3) is 0 Å². The minimum atomic E-state index is -0.714. The Morgan fingerprint density at radius 2 is 2.16 bits per heavy atom. The largest absolute Gasteiger partial charge is 0.392 e. The number of nitrogens with zero attached hydrogens (tertiary/aromatic N) is 1. The number of aryl methyl sites for hydroxylation is 1. The molecule has 0 aromatic carbocycles. The van der Waals surface area contributed by atoms with Crippen molar-refractivity contribution in [2.45, 2.75) is 40.0 Å². The second-order valence-electron chi connectivity index (χ2n) is 4.54. The number of amides is 1. The van der Waals surface area contributed by atoms with Gasteiger partial charge in [-0.05, 0) is 19.8 Å². The van der Waals surface area contributed by atoms with E-state index < -0.39 is 5.41 Å². The number of rotatable bonds is 7. The van der Waals surface area contributed by atoms with E-state index in [9.17, 15) is 4.79 Å². The summed E-state index contributed by atoms with van der Waals surface area (Å²) in [5.41, 5.74) is 6.05. The van der Waals surface area contributed by atoms with Gasteiger partial charge in [0.05, 0.1) is 15.4 Å². The lowest BCUT2D eigenvalue weighted by Gasteiger charge is -2.28. The normalized spacial score (nSPS) is 11.3. The Balaban J connectivity index is 2.56. The molecule has 0 unspecified atom stereocenters. The van der Waals surface area contributed by atoms with Crippen LogP contribution in [0.15, 0.2) is 5.38 Å². The molecule has 0 bridgehead atoms. The van der Waals surface area contributed by atoms with Crippen LogP contribution in [-0.4, -0.2) is 22.4 Å². The molecule has 0 saturated carbocycles. The van der Waals surface area contributed by atoms with Crippen molar-refractivity contribution >= 4 is 34.5 Å². The van der Waals surface area contributed by atoms with E-state index in [2.05, 4.69) is 10.3 Å². The number of aromatic nitrogens is 1. The molecule has 1 aromatic rings. The molecule has 1 amide bonds. The van der Waals surface area contributed by atoms with Crippen molar-refractivity contribution in [1.82, 2.24) is 10.3 Å². The molecule has 0 spiro atoms. The maximum atomic E-state index is 12.3. The Morgan fingerprint density at radius 1 is 1.53 bits per heavy atom. The summed E-state index contributed by atoms with van der Waals surface area (Å²) in [5, 5.41) is 5.97. The van der Waals surface area contributed by atoms with E-state index in [1.54, 1.807) is 11.3 Å². The first-order valence-corrected chi connectivity index (χ1v) is 7.74. The molecule has 19 heavy (non-hydrogen) atoms. The second kappa shape index (κ2) is 6.96. The number of nitrogens with two attached hydrogens (primary N) is 1. The summed E-state index contributed by atoms with van der Waals surface area (Å²) in [7, 11) is 0. The van der Waals surface area contributed by atoms with Crippen LogP contribution in [0.3, 0.4) is 0 Å². The Hall–Kier alpha value is -1.01. The Bertz CT molecular complexity index is 452. The van der Waals surface area contributed by atoms with Gasteiger partial charge in [0.2, 0.25) is 5.91 Å². The first kappa shape index (κ1) is 16.0. The van der Waals surface area contributed by atoms with Crippen molar-refractivity contribution in [1.29, 1.82) is 0 Å². The molecule has 0 fully saturated rings. The number of thiocarbonyl (C=S) groups is 1. The van der Waals surface area contributed by atoms with Gasteiger partial charge in [-0.25, -0.2) is 4.98 Å². The smallest absolute Gasteiger partial charge is 0.233 e. The number of hydrogen-bond donors (Lipinski definition) is 2. The molecular weight excluding hydrogens is 278 g/mol. The highest BCUT2D eigenvalue weighted by molar-refractivity contribution is 7.80. The number of thiazole rings is 1. The fourth-order valence-electron chi connectivity index (χ4n) is 2.00. The zero-order valence-corrected chi connectivity index (χ0v) is 13.3. The first-order chi connectivity index (χ1) is 8.96. The monoisotopic (exact) mass is 299 g/mol. The highest BCUT2D eigenvalue weighted by Crippen LogP contribution is 2.27. The van der Waals surface area contributed by atoms with Crippen molar-refractivity contribution in [2.75, 3.05) is 6.54 Å². The van der Waals surface area contributed by atoms with Crippen LogP contribution in [0.4, 0.5) is 0 Å². The lowest BCUT2D eigenvalue weighted by Crippen LogP contribution is -2.48. The van der Waals surface area contributed by atoms with E-state index in [1.165, 1.54) is 0 Å². The molecule has 1 heterocycles. The zero-order chi connectivity index (χ0) is 14.5. The van der Waals surface area contributed by atoms with Gasteiger partial charge in [-0.2, -0.15) is 0 Å². The van der Waals surface area contributed by atoms with Gasteiger partial charge in [-0.15, -0.1) is 11.3 Å². The Kier molecular flexibility index (Phi) is 5.87. The molecule has 0 aliphatic carbocycles. The number of carbonyl (C=O) groups excluding carboxylic acids is 1. The summed E-state index contributed by atoms with van der Waals surface area (Å²) in [6.45, 7) is 6.40. The van der Waals surface area contributed by atoms with Crippen molar-refractivity contribution in [2.24, 2.45) is 11.1 Å². The standard InChI is InChI=1S/C13H21N3OS2/c1-4-13(5-2,11(14)18)12(17)15-7-6-10-16-9(3)8-19-10/h8H,4-7H2,1-3H3,(H2,14,18)(H,15,17). The van der Waals surface area contributed by atoms with Crippen molar-refractivity contribution in [3.05, 3.63) is 16.1 Å². The van der Waals surface area contributed by atoms with E-state index in [0.717, 1.165) is 17.1 Å². The third-order valence-electron chi connectivity index (χ3n) is 3.40. The van der Waals surface area contributed by atoms with Crippen molar-refractivity contribution in [3.63, 3.8) is 0 Å². The topological polar surface area (TPSA) is 68.0 Å². The van der Waals surface area contributed by atoms with Crippen molar-refractivity contribution < 1.29 is 4.79 Å². The number of hydrogen-bond acceptors (Lipinski definition) is 4.